The van der Waals surface area contributed by atoms with Crippen LogP contribution in [0.3, 0.4) is 0 Å². The molecule has 0 aliphatic carbocycles. The Kier molecular flexibility index (Phi) is 12.3. The molecule has 0 bridgehead atoms. The molecule has 8 heteroatoms. The summed E-state index contributed by atoms with van der Waals surface area (Å²) in [7, 11) is 1.66. The van der Waals surface area contributed by atoms with Crippen LogP contribution in [0.4, 0.5) is 4.79 Å². The Labute approximate surface area is 308 Å². The highest BCUT2D eigenvalue weighted by Crippen LogP contribution is 2.51. The molecule has 0 aromatic heterocycles. The lowest BCUT2D eigenvalue weighted by Gasteiger charge is -2.52. The maximum absolute atomic E-state index is 14.7. The third-order valence-corrected chi connectivity index (χ3v) is 11.4. The highest BCUT2D eigenvalue weighted by Gasteiger charge is 2.49. The van der Waals surface area contributed by atoms with Gasteiger partial charge in [-0.15, -0.1) is 11.8 Å². The van der Waals surface area contributed by atoms with Crippen LogP contribution in [0.25, 0.3) is 0 Å². The number of nitrogens with one attached hydrogen (secondary N) is 2. The number of aryl methyl sites for hydroxylation is 1. The van der Waals surface area contributed by atoms with Gasteiger partial charge in [-0.05, 0) is 74.9 Å². The Bertz CT molecular complexity index is 1650. The minimum Gasteiger partial charge on any atom is -0.444 e. The predicted octanol–water partition coefficient (Wildman–Crippen LogP) is 8.48. The number of hydrogen-bond acceptors (Lipinski definition) is 6. The fourth-order valence-electron chi connectivity index (χ4n) is 7.23. The van der Waals surface area contributed by atoms with Gasteiger partial charge in [0.15, 0.2) is 0 Å². The van der Waals surface area contributed by atoms with Crippen LogP contribution in [-0.4, -0.2) is 66.3 Å². The molecule has 270 valence electrons. The molecule has 2 amide bonds. The van der Waals surface area contributed by atoms with Gasteiger partial charge in [0.25, 0.3) is 5.91 Å². The van der Waals surface area contributed by atoms with E-state index < -0.39 is 28.1 Å². The number of benzene rings is 4. The summed E-state index contributed by atoms with van der Waals surface area (Å²) in [6, 6.07) is 37.4. The van der Waals surface area contributed by atoms with Crippen LogP contribution in [0.2, 0.25) is 0 Å². The highest BCUT2D eigenvalue weighted by atomic mass is 32.2. The van der Waals surface area contributed by atoms with E-state index in [4.69, 9.17) is 9.47 Å². The van der Waals surface area contributed by atoms with Crippen molar-refractivity contribution in [2.45, 2.75) is 81.7 Å². The monoisotopic (exact) mass is 707 g/mol. The lowest BCUT2D eigenvalue weighted by atomic mass is 9.84. The van der Waals surface area contributed by atoms with E-state index in [0.717, 1.165) is 11.1 Å². The molecule has 3 atom stereocenters. The van der Waals surface area contributed by atoms with Crippen molar-refractivity contribution in [1.29, 1.82) is 0 Å². The molecule has 1 aliphatic rings. The summed E-state index contributed by atoms with van der Waals surface area (Å²) < 4.78 is 10.9. The number of amides is 2. The van der Waals surface area contributed by atoms with Crippen molar-refractivity contribution in [2.75, 3.05) is 26.8 Å². The molecule has 4 aromatic carbocycles. The van der Waals surface area contributed by atoms with Crippen molar-refractivity contribution in [2.24, 2.45) is 0 Å². The summed E-state index contributed by atoms with van der Waals surface area (Å²) in [6.07, 6.45) is 0.467. The first-order valence-electron chi connectivity index (χ1n) is 17.9. The second-order valence-corrected chi connectivity index (χ2v) is 16.1. The van der Waals surface area contributed by atoms with E-state index >= 15 is 0 Å². The van der Waals surface area contributed by atoms with Crippen LogP contribution in [0.15, 0.2) is 109 Å². The van der Waals surface area contributed by atoms with Crippen LogP contribution >= 0.6 is 11.8 Å². The average molecular weight is 708 g/mol. The third kappa shape index (κ3) is 8.68. The number of thioether (sulfide) groups is 1. The van der Waals surface area contributed by atoms with Crippen molar-refractivity contribution in [3.63, 3.8) is 0 Å². The lowest BCUT2D eigenvalue weighted by molar-refractivity contribution is -0.00417. The minimum absolute atomic E-state index is 0.00761. The predicted molar refractivity (Wildman–Crippen MR) is 208 cm³/mol. The number of piperazine rings is 1. The number of alkyl carbamates (subject to hydrolysis) is 1. The SMILES string of the molecule is COCCC1(NC(=O)OC(C)(C)C)NCCN(C(=O)c2cccc(C)c2C)C1C[C@H](C)SC(c1ccccc1)(c1ccccc1)c1ccccc1. The summed E-state index contributed by atoms with van der Waals surface area (Å²) in [4.78, 5) is 30.3. The van der Waals surface area contributed by atoms with E-state index in [9.17, 15) is 9.59 Å². The molecule has 7 nitrogen and oxygen atoms in total. The Morgan fingerprint density at radius 3 is 1.94 bits per heavy atom. The lowest BCUT2D eigenvalue weighted by Crippen LogP contribution is -2.75. The van der Waals surface area contributed by atoms with Gasteiger partial charge in [0, 0.05) is 44.0 Å². The first kappa shape index (κ1) is 38.1. The normalized spacial score (nSPS) is 18.6. The third-order valence-electron chi connectivity index (χ3n) is 9.73. The number of ether oxygens (including phenoxy) is 2. The maximum Gasteiger partial charge on any atom is 0.409 e. The number of hydrogen-bond donors (Lipinski definition) is 2. The molecule has 4 aromatic rings. The van der Waals surface area contributed by atoms with E-state index in [1.807, 2.05) is 69.5 Å². The molecule has 2 N–H and O–H groups in total. The molecular formula is C43H53N3O4S. The topological polar surface area (TPSA) is 79.9 Å². The summed E-state index contributed by atoms with van der Waals surface area (Å²) in [5.41, 5.74) is 4.48. The Morgan fingerprint density at radius 2 is 1.43 bits per heavy atom. The average Bonchev–Trinajstić information content (AvgIpc) is 3.12. The van der Waals surface area contributed by atoms with Crippen molar-refractivity contribution < 1.29 is 19.1 Å². The zero-order valence-electron chi connectivity index (χ0n) is 31.1. The minimum atomic E-state index is -1.02. The number of methoxy groups -OCH3 is 1. The van der Waals surface area contributed by atoms with E-state index in [-0.39, 0.29) is 11.2 Å². The molecule has 0 spiro atoms. The van der Waals surface area contributed by atoms with Gasteiger partial charge in [0.1, 0.15) is 11.3 Å². The first-order valence-corrected chi connectivity index (χ1v) is 18.7. The molecule has 2 unspecified atom stereocenters. The fourth-order valence-corrected chi connectivity index (χ4v) is 8.93. The molecule has 5 rings (SSSR count). The van der Waals surface area contributed by atoms with Gasteiger partial charge in [-0.1, -0.05) is 110 Å². The molecule has 1 saturated heterocycles. The smallest absolute Gasteiger partial charge is 0.409 e. The van der Waals surface area contributed by atoms with Gasteiger partial charge in [0.2, 0.25) is 0 Å². The second kappa shape index (κ2) is 16.5. The van der Waals surface area contributed by atoms with E-state index in [1.165, 1.54) is 16.7 Å². The second-order valence-electron chi connectivity index (χ2n) is 14.5. The van der Waals surface area contributed by atoms with Gasteiger partial charge < -0.3 is 19.7 Å². The van der Waals surface area contributed by atoms with Crippen LogP contribution in [0, 0.1) is 13.8 Å². The van der Waals surface area contributed by atoms with E-state index in [1.54, 1.807) is 7.11 Å². The molecule has 1 fully saturated rings. The van der Waals surface area contributed by atoms with Crippen LogP contribution in [0.1, 0.15) is 78.7 Å². The number of carbonyl (C=O) groups is 2. The van der Waals surface area contributed by atoms with E-state index in [0.29, 0.717) is 38.1 Å². The molecule has 51 heavy (non-hydrogen) atoms. The van der Waals surface area contributed by atoms with Gasteiger partial charge in [0.05, 0.1) is 10.8 Å². The van der Waals surface area contributed by atoms with Crippen molar-refractivity contribution in [3.8, 4) is 0 Å². The largest absolute Gasteiger partial charge is 0.444 e. The zero-order chi connectivity index (χ0) is 36.6. The summed E-state index contributed by atoms with van der Waals surface area (Å²) in [5.74, 6) is -0.0480. The Morgan fingerprint density at radius 1 is 0.882 bits per heavy atom. The highest BCUT2D eigenvalue weighted by molar-refractivity contribution is 8.01. The Hall–Kier alpha value is -4.11. The summed E-state index contributed by atoms with van der Waals surface area (Å²) in [6.45, 7) is 13.2. The fraction of sp³-hybridized carbons (Fsp3) is 0.395. The maximum atomic E-state index is 14.7. The van der Waals surface area contributed by atoms with Crippen molar-refractivity contribution >= 4 is 23.8 Å². The zero-order valence-corrected chi connectivity index (χ0v) is 31.9. The van der Waals surface area contributed by atoms with Crippen LogP contribution in [-0.2, 0) is 14.2 Å². The number of rotatable bonds is 12. The van der Waals surface area contributed by atoms with Crippen molar-refractivity contribution in [3.05, 3.63) is 143 Å². The first-order chi connectivity index (χ1) is 24.4. The van der Waals surface area contributed by atoms with E-state index in [2.05, 4.69) is 109 Å². The standard InChI is InChI=1S/C43H53N3O4S/c1-31-18-17-25-37(33(31)3)39(47)46-28-27-44-42(26-29-49-7,45-40(48)50-41(4,5)6)38(46)30-32(2)51-43(34-19-11-8-12-20-34,35-21-13-9-14-22-35)36-23-15-10-16-24-36/h8-25,32,38,44H,26-30H2,1-7H3,(H,45,48)/t32-,38?,42?/m0/s1. The number of nitrogens with zero attached hydrogens (tertiary/aromatic N) is 1. The van der Waals surface area contributed by atoms with Gasteiger partial charge >= 0.3 is 6.09 Å². The van der Waals surface area contributed by atoms with Crippen LogP contribution in [0.5, 0.6) is 0 Å². The van der Waals surface area contributed by atoms with Gasteiger partial charge in [-0.25, -0.2) is 4.79 Å². The summed E-state index contributed by atoms with van der Waals surface area (Å²) >= 11 is 1.87. The quantitative estimate of drug-likeness (QED) is 0.144. The van der Waals surface area contributed by atoms with Crippen LogP contribution < -0.4 is 10.6 Å². The molecular weight excluding hydrogens is 655 g/mol. The summed E-state index contributed by atoms with van der Waals surface area (Å²) in [5, 5.41) is 6.90. The molecule has 0 saturated carbocycles. The molecule has 0 radical (unpaired) electrons. The van der Waals surface area contributed by atoms with Gasteiger partial charge in [-0.2, -0.15) is 0 Å². The molecule has 1 heterocycles. The molecule has 1 aliphatic heterocycles. The number of carbonyl (C=O) groups excluding carboxylic acids is 2. The van der Waals surface area contributed by atoms with Gasteiger partial charge in [-0.3, -0.25) is 10.1 Å². The van der Waals surface area contributed by atoms with Crippen molar-refractivity contribution in [1.82, 2.24) is 15.5 Å². The Balaban J connectivity index is 1.63.